The number of benzene rings is 1. The molecule has 39 heavy (non-hydrogen) atoms. The van der Waals surface area contributed by atoms with Gasteiger partial charge in [-0.1, -0.05) is 17.7 Å². The summed E-state index contributed by atoms with van der Waals surface area (Å²) in [6, 6.07) is 8.16. The van der Waals surface area contributed by atoms with Crippen LogP contribution in [0.5, 0.6) is 0 Å². The molecule has 1 aromatic carbocycles. The number of pyridine rings is 2. The first-order valence-electron chi connectivity index (χ1n) is 12.8. The van der Waals surface area contributed by atoms with Gasteiger partial charge in [-0.05, 0) is 55.9 Å². The number of fused-ring (bicyclic) bond motifs is 6. The Hall–Kier alpha value is -4.31. The molecule has 6 heterocycles. The van der Waals surface area contributed by atoms with Gasteiger partial charge in [-0.15, -0.1) is 10.2 Å². The van der Waals surface area contributed by atoms with Gasteiger partial charge in [0, 0.05) is 40.2 Å². The predicted molar refractivity (Wildman–Crippen MR) is 141 cm³/mol. The minimum absolute atomic E-state index is 0.0311. The normalized spacial score (nSPS) is 18.8. The third-order valence-electron chi connectivity index (χ3n) is 8.28. The topological polar surface area (TPSA) is 110 Å². The van der Waals surface area contributed by atoms with Crippen LogP contribution in [-0.4, -0.2) is 40.6 Å². The number of rotatable bonds is 2. The maximum Gasteiger partial charge on any atom is 0.254 e. The Morgan fingerprint density at radius 2 is 2.00 bits per heavy atom. The molecule has 9 nitrogen and oxygen atoms in total. The highest BCUT2D eigenvalue weighted by molar-refractivity contribution is 6.31. The summed E-state index contributed by atoms with van der Waals surface area (Å²) in [6.07, 6.45) is 8.42. The number of carbonyl (C=O) groups excluding carboxylic acids is 1. The monoisotopic (exact) mass is 541 g/mol. The third-order valence-corrected chi connectivity index (χ3v) is 8.57. The summed E-state index contributed by atoms with van der Waals surface area (Å²) in [7, 11) is 0. The summed E-state index contributed by atoms with van der Waals surface area (Å²) < 4.78 is 19.0. The molecule has 0 bridgehead atoms. The van der Waals surface area contributed by atoms with Crippen LogP contribution in [0, 0.1) is 5.82 Å². The summed E-state index contributed by atoms with van der Waals surface area (Å²) in [5.41, 5.74) is 3.90. The molecule has 1 atom stereocenters. The molecule has 0 radical (unpaired) electrons. The molecule has 1 fully saturated rings. The minimum atomic E-state index is -0.597. The lowest BCUT2D eigenvalue weighted by Gasteiger charge is -2.27. The van der Waals surface area contributed by atoms with Crippen LogP contribution in [0.2, 0.25) is 5.02 Å². The van der Waals surface area contributed by atoms with Gasteiger partial charge in [-0.3, -0.25) is 14.0 Å². The summed E-state index contributed by atoms with van der Waals surface area (Å²) in [5.74, 6) is -0.259. The number of hydrogen-bond donors (Lipinski definition) is 2. The second kappa shape index (κ2) is 7.86. The van der Waals surface area contributed by atoms with Gasteiger partial charge < -0.3 is 14.9 Å². The van der Waals surface area contributed by atoms with Gasteiger partial charge in [0.25, 0.3) is 11.5 Å². The molecule has 1 spiro atoms. The zero-order valence-corrected chi connectivity index (χ0v) is 21.3. The van der Waals surface area contributed by atoms with Crippen LogP contribution < -0.4 is 10.9 Å². The van der Waals surface area contributed by atoms with Gasteiger partial charge in [0.2, 0.25) is 0 Å². The molecule has 2 aliphatic heterocycles. The van der Waals surface area contributed by atoms with Crippen LogP contribution in [0.25, 0.3) is 28.0 Å². The van der Waals surface area contributed by atoms with E-state index in [9.17, 15) is 9.59 Å². The van der Waals surface area contributed by atoms with Crippen molar-refractivity contribution in [1.29, 1.82) is 0 Å². The van der Waals surface area contributed by atoms with Crippen LogP contribution in [0.4, 0.5) is 4.39 Å². The zero-order chi connectivity index (χ0) is 26.5. The molecule has 3 aliphatic rings. The molecule has 0 unspecified atom stereocenters. The largest absolute Gasteiger partial charge is 0.346 e. The quantitative estimate of drug-likeness (QED) is 0.350. The SMILES string of the molecule is O=C1NC2(CC2)Cc2ccc(Cl)c(F)c2-c2cc(=O)n3c(c21)CC[C@H]3c1ncc(-c2ccn3cnnc3c2)[nH]1. The zero-order valence-electron chi connectivity index (χ0n) is 20.5. The highest BCUT2D eigenvalue weighted by Crippen LogP contribution is 2.46. The number of imidazole rings is 1. The Bertz CT molecular complexity index is 1920. The second-order valence-corrected chi connectivity index (χ2v) is 11.1. The summed E-state index contributed by atoms with van der Waals surface area (Å²) in [6.45, 7) is 0. The Morgan fingerprint density at radius 3 is 2.85 bits per heavy atom. The maximum atomic E-state index is 15.5. The van der Waals surface area contributed by atoms with Gasteiger partial charge in [-0.2, -0.15) is 0 Å². The van der Waals surface area contributed by atoms with E-state index in [1.807, 2.05) is 22.7 Å². The van der Waals surface area contributed by atoms with Crippen LogP contribution in [-0.2, 0) is 12.8 Å². The smallest absolute Gasteiger partial charge is 0.254 e. The molecular weight excluding hydrogens is 521 g/mol. The van der Waals surface area contributed by atoms with E-state index in [1.165, 1.54) is 6.07 Å². The maximum absolute atomic E-state index is 15.5. The summed E-state index contributed by atoms with van der Waals surface area (Å²) >= 11 is 6.19. The molecule has 194 valence electrons. The molecule has 1 aliphatic carbocycles. The summed E-state index contributed by atoms with van der Waals surface area (Å²) in [5, 5.41) is 11.2. The van der Waals surface area contributed by atoms with Crippen molar-refractivity contribution in [1.82, 2.24) is 34.4 Å². The van der Waals surface area contributed by atoms with Gasteiger partial charge in [0.15, 0.2) is 5.65 Å². The van der Waals surface area contributed by atoms with E-state index in [0.29, 0.717) is 47.6 Å². The first-order chi connectivity index (χ1) is 18.9. The molecule has 2 N–H and O–H groups in total. The number of nitrogens with one attached hydrogen (secondary N) is 2. The second-order valence-electron chi connectivity index (χ2n) is 10.6. The average molecular weight is 542 g/mol. The van der Waals surface area contributed by atoms with Crippen molar-refractivity contribution >= 4 is 23.2 Å². The van der Waals surface area contributed by atoms with Crippen molar-refractivity contribution in [3.8, 4) is 22.4 Å². The number of H-pyrrole nitrogens is 1. The molecule has 0 saturated heterocycles. The van der Waals surface area contributed by atoms with Crippen LogP contribution in [0.3, 0.4) is 0 Å². The van der Waals surface area contributed by atoms with E-state index < -0.39 is 11.4 Å². The number of amides is 1. The van der Waals surface area contributed by atoms with Crippen LogP contribution in [0.15, 0.2) is 53.8 Å². The number of carbonyl (C=O) groups is 1. The van der Waals surface area contributed by atoms with Crippen LogP contribution >= 0.6 is 11.6 Å². The number of halogens is 2. The van der Waals surface area contributed by atoms with Crippen molar-refractivity contribution in [3.63, 3.8) is 0 Å². The number of hydrogen-bond acceptors (Lipinski definition) is 5. The van der Waals surface area contributed by atoms with E-state index in [-0.39, 0.29) is 28.1 Å². The number of aromatic amines is 1. The van der Waals surface area contributed by atoms with Gasteiger partial charge in [0.05, 0.1) is 28.5 Å². The third kappa shape index (κ3) is 3.34. The number of aromatic nitrogens is 6. The lowest BCUT2D eigenvalue weighted by atomic mass is 9.88. The predicted octanol–water partition coefficient (Wildman–Crippen LogP) is 4.09. The van der Waals surface area contributed by atoms with E-state index in [4.69, 9.17) is 11.6 Å². The molecule has 4 aromatic heterocycles. The minimum Gasteiger partial charge on any atom is -0.346 e. The van der Waals surface area contributed by atoms with E-state index in [2.05, 4.69) is 25.5 Å². The highest BCUT2D eigenvalue weighted by atomic mass is 35.5. The molecule has 8 rings (SSSR count). The van der Waals surface area contributed by atoms with Gasteiger partial charge >= 0.3 is 0 Å². The van der Waals surface area contributed by atoms with Crippen molar-refractivity contribution in [2.24, 2.45) is 0 Å². The Kier molecular flexibility index (Phi) is 4.56. The summed E-state index contributed by atoms with van der Waals surface area (Å²) in [4.78, 5) is 35.3. The van der Waals surface area contributed by atoms with Crippen molar-refractivity contribution in [2.75, 3.05) is 0 Å². The average Bonchev–Trinajstić information content (AvgIpc) is 3.31. The van der Waals surface area contributed by atoms with E-state index >= 15 is 4.39 Å². The lowest BCUT2D eigenvalue weighted by Crippen LogP contribution is -2.41. The van der Waals surface area contributed by atoms with Gasteiger partial charge in [0.1, 0.15) is 18.0 Å². The van der Waals surface area contributed by atoms with E-state index in [1.54, 1.807) is 29.2 Å². The lowest BCUT2D eigenvalue weighted by molar-refractivity contribution is 0.0929. The standard InChI is InChI=1S/C28H21ClFN7O2/c29-17-2-1-15-11-28(6-7-28)34-27(39)24-16(23(15)25(17)30)10-22(38)37-19(24)3-4-20(37)26-31-12-18(33-26)14-5-8-36-13-32-35-21(36)9-14/h1-2,5,8-10,12-13,20H,3-4,6-7,11H2,(H,31,33)(H,34,39)/t20-/m0/s1. The Balaban J connectivity index is 1.27. The fraction of sp³-hybridized carbons (Fsp3) is 0.250. The van der Waals surface area contributed by atoms with Crippen molar-refractivity contribution < 1.29 is 9.18 Å². The fourth-order valence-corrected chi connectivity index (χ4v) is 6.36. The molecule has 1 amide bonds. The van der Waals surface area contributed by atoms with Crippen molar-refractivity contribution in [3.05, 3.63) is 92.9 Å². The Labute approximate surface area is 225 Å². The van der Waals surface area contributed by atoms with Crippen molar-refractivity contribution in [2.45, 2.75) is 43.7 Å². The van der Waals surface area contributed by atoms with Gasteiger partial charge in [-0.25, -0.2) is 9.37 Å². The molecule has 1 saturated carbocycles. The van der Waals surface area contributed by atoms with E-state index in [0.717, 1.165) is 29.7 Å². The van der Waals surface area contributed by atoms with Crippen LogP contribution in [0.1, 0.15) is 52.7 Å². The first kappa shape index (κ1) is 22.7. The molecule has 5 aromatic rings. The first-order valence-corrected chi connectivity index (χ1v) is 13.2. The fourth-order valence-electron chi connectivity index (χ4n) is 6.20. The highest BCUT2D eigenvalue weighted by Gasteiger charge is 2.47. The Morgan fingerprint density at radius 1 is 1.13 bits per heavy atom. The molecular formula is C28H21ClFN7O2. The number of nitrogens with zero attached hydrogens (tertiary/aromatic N) is 5. The molecule has 11 heteroatoms.